The number of aromatic nitrogens is 3. The fourth-order valence-corrected chi connectivity index (χ4v) is 3.47. The largest absolute Gasteiger partial charge is 0.368 e. The molecule has 0 aromatic carbocycles. The Morgan fingerprint density at radius 1 is 1.32 bits per heavy atom. The van der Waals surface area contributed by atoms with Gasteiger partial charge in [-0.1, -0.05) is 0 Å². The Morgan fingerprint density at radius 2 is 2.00 bits per heavy atom. The third kappa shape index (κ3) is 2.66. The highest BCUT2D eigenvalue weighted by molar-refractivity contribution is 7.93. The van der Waals surface area contributed by atoms with Crippen LogP contribution in [0.15, 0.2) is 22.7 Å². The molecule has 2 heterocycles. The van der Waals surface area contributed by atoms with Crippen LogP contribution in [0.25, 0.3) is 0 Å². The number of hydrogen-bond donors (Lipinski definition) is 2. The molecule has 1 fully saturated rings. The number of anilines is 2. The van der Waals surface area contributed by atoms with Gasteiger partial charge in [-0.3, -0.25) is 4.72 Å². The summed E-state index contributed by atoms with van der Waals surface area (Å²) in [7, 11) is -3.70. The normalized spacial score (nSPS) is 15.4. The molecular weight excluding hydrogens is 286 g/mol. The molecule has 0 aliphatic heterocycles. The van der Waals surface area contributed by atoms with Gasteiger partial charge in [-0.15, -0.1) is 11.3 Å². The van der Waals surface area contributed by atoms with Gasteiger partial charge < -0.3 is 5.73 Å². The minimum absolute atomic E-state index is 0.0317. The zero-order chi connectivity index (χ0) is 13.5. The maximum absolute atomic E-state index is 12.0. The molecule has 3 N–H and O–H groups in total. The van der Waals surface area contributed by atoms with Crippen molar-refractivity contribution in [1.82, 2.24) is 15.0 Å². The first-order valence-corrected chi connectivity index (χ1v) is 7.96. The minimum Gasteiger partial charge on any atom is -0.368 e. The van der Waals surface area contributed by atoms with Gasteiger partial charge in [-0.2, -0.15) is 0 Å². The summed E-state index contributed by atoms with van der Waals surface area (Å²) in [4.78, 5) is 11.5. The summed E-state index contributed by atoms with van der Waals surface area (Å²) in [6.45, 7) is 0. The Balaban J connectivity index is 1.81. The quantitative estimate of drug-likeness (QED) is 0.877. The highest BCUT2D eigenvalue weighted by atomic mass is 32.2. The number of sulfonamides is 1. The molecule has 100 valence electrons. The first-order chi connectivity index (χ1) is 9.04. The summed E-state index contributed by atoms with van der Waals surface area (Å²) in [5.41, 5.74) is 6.27. The predicted octanol–water partition coefficient (Wildman–Crippen LogP) is 1.19. The van der Waals surface area contributed by atoms with E-state index in [0.29, 0.717) is 11.0 Å². The second-order valence-electron chi connectivity index (χ2n) is 4.23. The lowest BCUT2D eigenvalue weighted by Crippen LogP contribution is -2.14. The average Bonchev–Trinajstić information content (AvgIpc) is 3.11. The highest BCUT2D eigenvalue weighted by Crippen LogP contribution is 2.41. The van der Waals surface area contributed by atoms with Crippen molar-refractivity contribution in [1.29, 1.82) is 0 Å². The van der Waals surface area contributed by atoms with E-state index in [-0.39, 0.29) is 10.8 Å². The number of rotatable bonds is 4. The second kappa shape index (κ2) is 4.42. The molecular formula is C10H11N5O2S2. The van der Waals surface area contributed by atoms with Crippen molar-refractivity contribution >= 4 is 32.4 Å². The average molecular weight is 297 g/mol. The molecule has 0 saturated heterocycles. The van der Waals surface area contributed by atoms with Crippen molar-refractivity contribution in [3.8, 4) is 0 Å². The molecule has 1 aliphatic carbocycles. The number of nitrogen functional groups attached to an aromatic ring is 1. The molecule has 2 aromatic rings. The van der Waals surface area contributed by atoms with Crippen molar-refractivity contribution in [3.05, 3.63) is 23.5 Å². The van der Waals surface area contributed by atoms with Crippen LogP contribution in [0.2, 0.25) is 0 Å². The van der Waals surface area contributed by atoms with E-state index < -0.39 is 10.0 Å². The van der Waals surface area contributed by atoms with Gasteiger partial charge in [0.05, 0.1) is 18.1 Å². The van der Waals surface area contributed by atoms with Gasteiger partial charge in [0.25, 0.3) is 10.0 Å². The second-order valence-corrected chi connectivity index (χ2v) is 6.77. The molecule has 0 radical (unpaired) electrons. The topological polar surface area (TPSA) is 111 Å². The molecule has 0 bridgehead atoms. The highest BCUT2D eigenvalue weighted by Gasteiger charge is 2.27. The van der Waals surface area contributed by atoms with Gasteiger partial charge in [0.1, 0.15) is 4.90 Å². The van der Waals surface area contributed by atoms with Crippen LogP contribution in [0.5, 0.6) is 0 Å². The Morgan fingerprint density at radius 3 is 2.63 bits per heavy atom. The lowest BCUT2D eigenvalue weighted by atomic mass is 10.3. The first-order valence-electron chi connectivity index (χ1n) is 5.60. The maximum Gasteiger partial charge on any atom is 0.266 e. The van der Waals surface area contributed by atoms with Crippen LogP contribution in [-0.4, -0.2) is 23.4 Å². The predicted molar refractivity (Wildman–Crippen MR) is 71.3 cm³/mol. The standard InChI is InChI=1S/C10H11N5O2S2/c11-9-12-3-7(4-13-9)19(16,17)15-10-14-8(5-18-10)6-1-2-6/h3-6H,1-2H2,(H,14,15)(H2,11,12,13). The van der Waals surface area contributed by atoms with Crippen LogP contribution < -0.4 is 10.5 Å². The van der Waals surface area contributed by atoms with E-state index in [0.717, 1.165) is 18.5 Å². The van der Waals surface area contributed by atoms with E-state index in [4.69, 9.17) is 5.73 Å². The molecule has 0 spiro atoms. The van der Waals surface area contributed by atoms with Crippen LogP contribution in [-0.2, 0) is 10.0 Å². The fraction of sp³-hybridized carbons (Fsp3) is 0.300. The van der Waals surface area contributed by atoms with Crippen LogP contribution in [0, 0.1) is 0 Å². The van der Waals surface area contributed by atoms with Gasteiger partial charge in [0.2, 0.25) is 5.95 Å². The molecule has 19 heavy (non-hydrogen) atoms. The molecule has 0 amide bonds. The fourth-order valence-electron chi connectivity index (χ4n) is 1.54. The van der Waals surface area contributed by atoms with E-state index in [1.54, 1.807) is 0 Å². The van der Waals surface area contributed by atoms with Crippen molar-refractivity contribution in [3.63, 3.8) is 0 Å². The molecule has 7 nitrogen and oxygen atoms in total. The Labute approximate surface area is 114 Å². The monoisotopic (exact) mass is 297 g/mol. The smallest absolute Gasteiger partial charge is 0.266 e. The van der Waals surface area contributed by atoms with Crippen LogP contribution in [0.1, 0.15) is 24.5 Å². The molecule has 3 rings (SSSR count). The van der Waals surface area contributed by atoms with Crippen LogP contribution >= 0.6 is 11.3 Å². The van der Waals surface area contributed by atoms with E-state index in [1.165, 1.54) is 23.7 Å². The van der Waals surface area contributed by atoms with Crippen molar-refractivity contribution in [2.75, 3.05) is 10.5 Å². The van der Waals surface area contributed by atoms with Crippen molar-refractivity contribution < 1.29 is 8.42 Å². The van der Waals surface area contributed by atoms with E-state index in [1.807, 2.05) is 5.38 Å². The Kier molecular flexibility index (Phi) is 2.86. The van der Waals surface area contributed by atoms with Crippen molar-refractivity contribution in [2.45, 2.75) is 23.7 Å². The Bertz CT molecular complexity index is 691. The summed E-state index contributed by atoms with van der Waals surface area (Å²) in [6, 6.07) is 0. The van der Waals surface area contributed by atoms with Gasteiger partial charge in [-0.05, 0) is 12.8 Å². The molecule has 2 aromatic heterocycles. The van der Waals surface area contributed by atoms with Gasteiger partial charge >= 0.3 is 0 Å². The zero-order valence-electron chi connectivity index (χ0n) is 9.78. The van der Waals surface area contributed by atoms with Crippen LogP contribution in [0.3, 0.4) is 0 Å². The summed E-state index contributed by atoms with van der Waals surface area (Å²) < 4.78 is 26.5. The lowest BCUT2D eigenvalue weighted by molar-refractivity contribution is 0.600. The summed E-state index contributed by atoms with van der Waals surface area (Å²) >= 11 is 1.28. The molecule has 0 atom stereocenters. The number of nitrogens with zero attached hydrogens (tertiary/aromatic N) is 3. The van der Waals surface area contributed by atoms with E-state index >= 15 is 0 Å². The van der Waals surface area contributed by atoms with Crippen molar-refractivity contribution in [2.24, 2.45) is 0 Å². The summed E-state index contributed by atoms with van der Waals surface area (Å²) in [5.74, 6) is 0.526. The van der Waals surface area contributed by atoms with Crippen LogP contribution in [0.4, 0.5) is 11.1 Å². The number of nitrogens with two attached hydrogens (primary N) is 1. The maximum atomic E-state index is 12.0. The lowest BCUT2D eigenvalue weighted by Gasteiger charge is -2.04. The number of nitrogens with one attached hydrogen (secondary N) is 1. The first kappa shape index (κ1) is 12.3. The third-order valence-electron chi connectivity index (χ3n) is 2.70. The minimum atomic E-state index is -3.70. The SMILES string of the molecule is Nc1ncc(S(=O)(=O)Nc2nc(C3CC3)cs2)cn1. The zero-order valence-corrected chi connectivity index (χ0v) is 11.4. The summed E-state index contributed by atoms with van der Waals surface area (Å²) in [5, 5.41) is 2.24. The number of thiazole rings is 1. The third-order valence-corrected chi connectivity index (χ3v) is 4.90. The molecule has 1 aliphatic rings. The summed E-state index contributed by atoms with van der Waals surface area (Å²) in [6.07, 6.45) is 4.59. The molecule has 0 unspecified atom stereocenters. The van der Waals surface area contributed by atoms with E-state index in [9.17, 15) is 8.42 Å². The molecule has 9 heteroatoms. The van der Waals surface area contributed by atoms with E-state index in [2.05, 4.69) is 19.7 Å². The van der Waals surface area contributed by atoms with Gasteiger partial charge in [-0.25, -0.2) is 23.4 Å². The van der Waals surface area contributed by atoms with Gasteiger partial charge in [0.15, 0.2) is 5.13 Å². The molecule has 1 saturated carbocycles. The number of hydrogen-bond acceptors (Lipinski definition) is 7. The van der Waals surface area contributed by atoms with Gasteiger partial charge in [0, 0.05) is 11.3 Å². The Hall–Kier alpha value is -1.74.